The van der Waals surface area contributed by atoms with Gasteiger partial charge in [-0.1, -0.05) is 0 Å². The molecule has 0 fully saturated rings. The highest BCUT2D eigenvalue weighted by Crippen LogP contribution is 1.81. The van der Waals surface area contributed by atoms with E-state index in [1.165, 1.54) is 0 Å². The van der Waals surface area contributed by atoms with Crippen LogP contribution >= 0.6 is 0 Å². The number of H-pyrrole nitrogens is 1. The van der Waals surface area contributed by atoms with Gasteiger partial charge in [0.15, 0.2) is 0 Å². The Labute approximate surface area is 79.5 Å². The number of aromatic amines is 1. The van der Waals surface area contributed by atoms with E-state index >= 15 is 0 Å². The molecule has 1 rings (SSSR count). The minimum atomic E-state index is -0.537. The number of rotatable bonds is 4. The normalized spacial score (nSPS) is 9.50. The van der Waals surface area contributed by atoms with Crippen LogP contribution in [0.1, 0.15) is 17.5 Å². The lowest BCUT2D eigenvalue weighted by Crippen LogP contribution is -2.37. The number of amides is 2. The Kier molecular flexibility index (Phi) is 3.53. The second kappa shape index (κ2) is 4.90. The average Bonchev–Trinajstić information content (AvgIpc) is 2.67. The SMILES string of the molecule is CCNC(=O)CNC(=O)c1nn[nH]n1. The first-order chi connectivity index (χ1) is 6.74. The van der Waals surface area contributed by atoms with Crippen LogP contribution in [0.2, 0.25) is 0 Å². The van der Waals surface area contributed by atoms with Gasteiger partial charge >= 0.3 is 0 Å². The van der Waals surface area contributed by atoms with Gasteiger partial charge in [-0.25, -0.2) is 0 Å². The van der Waals surface area contributed by atoms with Crippen LogP contribution in [0, 0.1) is 0 Å². The first-order valence-electron chi connectivity index (χ1n) is 4.02. The van der Waals surface area contributed by atoms with Gasteiger partial charge in [-0.05, 0) is 12.1 Å². The molecule has 0 saturated heterocycles. The summed E-state index contributed by atoms with van der Waals surface area (Å²) in [6.45, 7) is 2.22. The number of nitrogens with zero attached hydrogens (tertiary/aromatic N) is 3. The fourth-order valence-electron chi connectivity index (χ4n) is 0.757. The van der Waals surface area contributed by atoms with E-state index < -0.39 is 5.91 Å². The molecule has 0 unspecified atom stereocenters. The fraction of sp³-hybridized carbons (Fsp3) is 0.500. The molecule has 8 nitrogen and oxygen atoms in total. The van der Waals surface area contributed by atoms with Gasteiger partial charge in [0.1, 0.15) is 0 Å². The van der Waals surface area contributed by atoms with Crippen LogP contribution < -0.4 is 10.6 Å². The van der Waals surface area contributed by atoms with Gasteiger partial charge in [0.05, 0.1) is 6.54 Å². The van der Waals surface area contributed by atoms with Crippen molar-refractivity contribution in [2.45, 2.75) is 6.92 Å². The Morgan fingerprint density at radius 1 is 1.43 bits per heavy atom. The number of aromatic nitrogens is 4. The number of carbonyl (C=O) groups excluding carboxylic acids is 2. The third-order valence-corrected chi connectivity index (χ3v) is 1.33. The van der Waals surface area contributed by atoms with E-state index in [0.29, 0.717) is 6.54 Å². The van der Waals surface area contributed by atoms with Crippen LogP contribution in [-0.4, -0.2) is 45.5 Å². The largest absolute Gasteiger partial charge is 0.355 e. The lowest BCUT2D eigenvalue weighted by Gasteiger charge is -2.01. The van der Waals surface area contributed by atoms with Gasteiger partial charge in [-0.3, -0.25) is 9.59 Å². The van der Waals surface area contributed by atoms with E-state index in [4.69, 9.17) is 0 Å². The summed E-state index contributed by atoms with van der Waals surface area (Å²) in [6, 6.07) is 0. The van der Waals surface area contributed by atoms with E-state index in [2.05, 4.69) is 31.3 Å². The topological polar surface area (TPSA) is 113 Å². The maximum Gasteiger partial charge on any atom is 0.293 e. The quantitative estimate of drug-likeness (QED) is 0.521. The molecular formula is C6H10N6O2. The molecular weight excluding hydrogens is 188 g/mol. The molecule has 0 saturated carbocycles. The van der Waals surface area contributed by atoms with E-state index in [1.807, 2.05) is 0 Å². The van der Waals surface area contributed by atoms with Crippen molar-refractivity contribution in [3.63, 3.8) is 0 Å². The zero-order valence-electron chi connectivity index (χ0n) is 7.57. The summed E-state index contributed by atoms with van der Waals surface area (Å²) in [5, 5.41) is 17.1. The maximum absolute atomic E-state index is 11.1. The molecule has 0 aliphatic rings. The van der Waals surface area contributed by atoms with Gasteiger partial charge < -0.3 is 10.6 Å². The van der Waals surface area contributed by atoms with Crippen LogP contribution in [-0.2, 0) is 4.79 Å². The van der Waals surface area contributed by atoms with Crippen molar-refractivity contribution in [2.75, 3.05) is 13.1 Å². The number of hydrogen-bond acceptors (Lipinski definition) is 5. The Morgan fingerprint density at radius 3 is 2.79 bits per heavy atom. The third-order valence-electron chi connectivity index (χ3n) is 1.33. The van der Waals surface area contributed by atoms with Gasteiger partial charge in [-0.2, -0.15) is 5.21 Å². The molecule has 2 amide bonds. The Bertz CT molecular complexity index is 308. The molecule has 0 bridgehead atoms. The summed E-state index contributed by atoms with van der Waals surface area (Å²) >= 11 is 0. The number of likely N-dealkylation sites (N-methyl/N-ethyl adjacent to an activating group) is 1. The number of hydrogen-bond donors (Lipinski definition) is 3. The molecule has 76 valence electrons. The van der Waals surface area contributed by atoms with Crippen LogP contribution in [0.25, 0.3) is 0 Å². The molecule has 0 atom stereocenters. The van der Waals surface area contributed by atoms with E-state index in [1.54, 1.807) is 6.92 Å². The van der Waals surface area contributed by atoms with Gasteiger partial charge in [0.25, 0.3) is 11.7 Å². The lowest BCUT2D eigenvalue weighted by molar-refractivity contribution is -0.120. The molecule has 3 N–H and O–H groups in total. The van der Waals surface area contributed by atoms with Crippen molar-refractivity contribution in [2.24, 2.45) is 0 Å². The highest BCUT2D eigenvalue weighted by Gasteiger charge is 2.10. The standard InChI is InChI=1S/C6H10N6O2/c1-2-7-4(13)3-8-6(14)5-9-11-12-10-5/h2-3H2,1H3,(H,7,13)(H,8,14)(H,9,10,11,12). The smallest absolute Gasteiger partial charge is 0.293 e. The van der Waals surface area contributed by atoms with Crippen molar-refractivity contribution in [1.29, 1.82) is 0 Å². The van der Waals surface area contributed by atoms with Crippen molar-refractivity contribution < 1.29 is 9.59 Å². The molecule has 0 aromatic carbocycles. The molecule has 1 heterocycles. The Morgan fingerprint density at radius 2 is 2.21 bits per heavy atom. The number of tetrazole rings is 1. The molecule has 1 aromatic rings. The Hall–Kier alpha value is -1.99. The van der Waals surface area contributed by atoms with Crippen molar-refractivity contribution in [1.82, 2.24) is 31.3 Å². The summed E-state index contributed by atoms with van der Waals surface area (Å²) in [5.74, 6) is -0.886. The molecule has 8 heteroatoms. The van der Waals surface area contributed by atoms with Crippen molar-refractivity contribution in [3.8, 4) is 0 Å². The minimum Gasteiger partial charge on any atom is -0.355 e. The number of nitrogens with one attached hydrogen (secondary N) is 3. The minimum absolute atomic E-state index is 0.0886. The average molecular weight is 198 g/mol. The van der Waals surface area contributed by atoms with Gasteiger partial charge in [-0.15, -0.1) is 10.2 Å². The van der Waals surface area contributed by atoms with Crippen molar-refractivity contribution >= 4 is 11.8 Å². The van der Waals surface area contributed by atoms with Gasteiger partial charge in [0.2, 0.25) is 5.91 Å². The summed E-state index contributed by atoms with van der Waals surface area (Å²) in [4.78, 5) is 22.1. The first-order valence-corrected chi connectivity index (χ1v) is 4.02. The lowest BCUT2D eigenvalue weighted by atomic mass is 10.5. The zero-order chi connectivity index (χ0) is 10.4. The molecule has 0 spiro atoms. The summed E-state index contributed by atoms with van der Waals surface area (Å²) in [7, 11) is 0. The maximum atomic E-state index is 11.1. The van der Waals surface area contributed by atoms with Crippen LogP contribution in [0.4, 0.5) is 0 Å². The number of carbonyl (C=O) groups is 2. The van der Waals surface area contributed by atoms with Gasteiger partial charge in [0, 0.05) is 6.54 Å². The fourth-order valence-corrected chi connectivity index (χ4v) is 0.757. The first kappa shape index (κ1) is 10.1. The monoisotopic (exact) mass is 198 g/mol. The zero-order valence-corrected chi connectivity index (χ0v) is 7.57. The van der Waals surface area contributed by atoms with E-state index in [9.17, 15) is 9.59 Å². The van der Waals surface area contributed by atoms with Crippen LogP contribution in [0.5, 0.6) is 0 Å². The molecule has 14 heavy (non-hydrogen) atoms. The predicted molar refractivity (Wildman–Crippen MR) is 45.2 cm³/mol. The molecule has 1 aromatic heterocycles. The molecule has 0 radical (unpaired) electrons. The summed E-state index contributed by atoms with van der Waals surface area (Å²) in [5.41, 5.74) is 0. The highest BCUT2D eigenvalue weighted by molar-refractivity contribution is 5.93. The van der Waals surface area contributed by atoms with E-state index in [-0.39, 0.29) is 18.3 Å². The summed E-state index contributed by atoms with van der Waals surface area (Å²) in [6.07, 6.45) is 0. The second-order valence-corrected chi connectivity index (χ2v) is 2.37. The third kappa shape index (κ3) is 2.81. The van der Waals surface area contributed by atoms with E-state index in [0.717, 1.165) is 0 Å². The molecule has 0 aliphatic carbocycles. The highest BCUT2D eigenvalue weighted by atomic mass is 16.2. The summed E-state index contributed by atoms with van der Waals surface area (Å²) < 4.78 is 0. The second-order valence-electron chi connectivity index (χ2n) is 2.37. The predicted octanol–water partition coefficient (Wildman–Crippen LogP) is -1.93. The van der Waals surface area contributed by atoms with Crippen LogP contribution in [0.15, 0.2) is 0 Å². The van der Waals surface area contributed by atoms with Crippen LogP contribution in [0.3, 0.4) is 0 Å². The van der Waals surface area contributed by atoms with Crippen molar-refractivity contribution in [3.05, 3.63) is 5.82 Å². The molecule has 0 aliphatic heterocycles. The Balaban J connectivity index is 2.32.